The van der Waals surface area contributed by atoms with Crippen LogP contribution < -0.4 is 16.4 Å². The van der Waals surface area contributed by atoms with Crippen molar-refractivity contribution >= 4 is 51.0 Å². The minimum absolute atomic E-state index is 0.250. The number of piperidine rings is 1. The van der Waals surface area contributed by atoms with Gasteiger partial charge in [0.2, 0.25) is 0 Å². The van der Waals surface area contributed by atoms with Crippen molar-refractivity contribution in [1.29, 1.82) is 0 Å². The van der Waals surface area contributed by atoms with Crippen molar-refractivity contribution in [3.05, 3.63) is 14.7 Å². The Morgan fingerprint density at radius 1 is 1.45 bits per heavy atom. The summed E-state index contributed by atoms with van der Waals surface area (Å²) in [5, 5.41) is 14.2. The molecule has 2 heterocycles. The van der Waals surface area contributed by atoms with Crippen LogP contribution in [-0.4, -0.2) is 47.2 Å². The maximum absolute atomic E-state index is 12.3. The third kappa shape index (κ3) is 4.10. The van der Waals surface area contributed by atoms with E-state index in [-0.39, 0.29) is 18.5 Å². The van der Waals surface area contributed by atoms with Crippen LogP contribution in [0.25, 0.3) is 0 Å². The molecule has 1 aliphatic rings. The Morgan fingerprint density at radius 2 is 2.18 bits per heavy atom. The number of amides is 4. The SMILES string of the molecule is NC(=O)Nc1cc(Br)sc1C(=O)N[C@H]1CCCN(C(=O)O)C1. The summed E-state index contributed by atoms with van der Waals surface area (Å²) >= 11 is 4.42. The van der Waals surface area contributed by atoms with Crippen molar-refractivity contribution < 1.29 is 19.5 Å². The molecule has 1 aliphatic heterocycles. The lowest BCUT2D eigenvalue weighted by molar-refractivity contribution is 0.0893. The van der Waals surface area contributed by atoms with Crippen LogP contribution in [0, 0.1) is 0 Å². The van der Waals surface area contributed by atoms with Crippen LogP contribution in [0.4, 0.5) is 15.3 Å². The van der Waals surface area contributed by atoms with Crippen LogP contribution in [0.1, 0.15) is 22.5 Å². The standard InChI is InChI=1S/C12H15BrN4O4S/c13-8-4-7(16-11(14)19)9(22-8)10(18)15-6-2-1-3-17(5-6)12(20)21/h4,6H,1-3,5H2,(H,15,18)(H,20,21)(H3,14,16,19)/t6-/m0/s1. The first kappa shape index (κ1) is 16.6. The number of thiophene rings is 1. The third-order valence-electron chi connectivity index (χ3n) is 3.19. The molecule has 10 heteroatoms. The summed E-state index contributed by atoms with van der Waals surface area (Å²) in [6.45, 7) is 0.729. The fraction of sp³-hybridized carbons (Fsp3) is 0.417. The number of carboxylic acid groups (broad SMARTS) is 1. The zero-order valence-electron chi connectivity index (χ0n) is 11.5. The molecule has 2 rings (SSSR count). The molecule has 0 unspecified atom stereocenters. The second-order valence-electron chi connectivity index (χ2n) is 4.82. The van der Waals surface area contributed by atoms with E-state index in [9.17, 15) is 14.4 Å². The van der Waals surface area contributed by atoms with Crippen molar-refractivity contribution in [1.82, 2.24) is 10.2 Å². The summed E-state index contributed by atoms with van der Waals surface area (Å²) in [7, 11) is 0. The molecular weight excluding hydrogens is 376 g/mol. The molecule has 0 bridgehead atoms. The molecule has 1 saturated heterocycles. The van der Waals surface area contributed by atoms with Gasteiger partial charge in [-0.3, -0.25) is 4.79 Å². The number of hydrogen-bond donors (Lipinski definition) is 4. The van der Waals surface area contributed by atoms with Gasteiger partial charge in [0.15, 0.2) is 0 Å². The smallest absolute Gasteiger partial charge is 0.407 e. The first-order valence-electron chi connectivity index (χ1n) is 6.51. The van der Waals surface area contributed by atoms with E-state index < -0.39 is 12.1 Å². The van der Waals surface area contributed by atoms with Gasteiger partial charge in [-0.05, 0) is 34.8 Å². The molecule has 0 saturated carbocycles. The van der Waals surface area contributed by atoms with Gasteiger partial charge < -0.3 is 26.4 Å². The first-order valence-corrected chi connectivity index (χ1v) is 8.12. The number of nitrogens with zero attached hydrogens (tertiary/aromatic N) is 1. The van der Waals surface area contributed by atoms with Crippen molar-refractivity contribution in [2.24, 2.45) is 5.73 Å². The van der Waals surface area contributed by atoms with Gasteiger partial charge in [0, 0.05) is 19.1 Å². The number of urea groups is 1. The van der Waals surface area contributed by atoms with Gasteiger partial charge in [0.05, 0.1) is 9.47 Å². The second-order valence-corrected chi connectivity index (χ2v) is 7.26. The number of likely N-dealkylation sites (tertiary alicyclic amines) is 1. The molecule has 1 atom stereocenters. The molecule has 1 fully saturated rings. The van der Waals surface area contributed by atoms with Gasteiger partial charge in [-0.25, -0.2) is 9.59 Å². The number of primary amides is 1. The average Bonchev–Trinajstić information content (AvgIpc) is 2.79. The quantitative estimate of drug-likeness (QED) is 0.628. The van der Waals surface area contributed by atoms with E-state index in [1.807, 2.05) is 0 Å². The van der Waals surface area contributed by atoms with Gasteiger partial charge in [-0.2, -0.15) is 0 Å². The van der Waals surface area contributed by atoms with Crippen LogP contribution in [0.3, 0.4) is 0 Å². The molecule has 0 aromatic carbocycles. The highest BCUT2D eigenvalue weighted by Gasteiger charge is 2.26. The number of rotatable bonds is 3. The zero-order chi connectivity index (χ0) is 16.3. The Morgan fingerprint density at radius 3 is 2.82 bits per heavy atom. The summed E-state index contributed by atoms with van der Waals surface area (Å²) in [6, 6.07) is 0.586. The van der Waals surface area contributed by atoms with Crippen molar-refractivity contribution in [3.8, 4) is 0 Å². The Balaban J connectivity index is 2.06. The Kier molecular flexibility index (Phi) is 5.24. The molecule has 0 aliphatic carbocycles. The summed E-state index contributed by atoms with van der Waals surface area (Å²) in [6.07, 6.45) is 0.409. The van der Waals surface area contributed by atoms with Crippen molar-refractivity contribution in [3.63, 3.8) is 0 Å². The number of carbonyl (C=O) groups is 3. The summed E-state index contributed by atoms with van der Waals surface area (Å²) in [5.74, 6) is -0.364. The van der Waals surface area contributed by atoms with Gasteiger partial charge in [0.1, 0.15) is 4.88 Å². The fourth-order valence-corrected chi connectivity index (χ4v) is 3.73. The van der Waals surface area contributed by atoms with Crippen LogP contribution >= 0.6 is 27.3 Å². The van der Waals surface area contributed by atoms with Crippen molar-refractivity contribution in [2.75, 3.05) is 18.4 Å². The maximum atomic E-state index is 12.3. The summed E-state index contributed by atoms with van der Waals surface area (Å²) < 4.78 is 0.678. The lowest BCUT2D eigenvalue weighted by Crippen LogP contribution is -2.49. The van der Waals surface area contributed by atoms with E-state index in [4.69, 9.17) is 10.8 Å². The summed E-state index contributed by atoms with van der Waals surface area (Å²) in [5.41, 5.74) is 5.40. The number of carbonyl (C=O) groups excluding carboxylic acids is 2. The molecule has 120 valence electrons. The monoisotopic (exact) mass is 390 g/mol. The zero-order valence-corrected chi connectivity index (χ0v) is 13.9. The van der Waals surface area contributed by atoms with Gasteiger partial charge in [-0.1, -0.05) is 0 Å². The van der Waals surface area contributed by atoms with E-state index in [1.54, 1.807) is 6.07 Å². The third-order valence-corrected chi connectivity index (χ3v) is 4.83. The molecule has 0 radical (unpaired) electrons. The lowest BCUT2D eigenvalue weighted by atomic mass is 10.1. The van der Waals surface area contributed by atoms with E-state index in [1.165, 1.54) is 4.90 Å². The Bertz CT molecular complexity index is 606. The first-order chi connectivity index (χ1) is 10.4. The molecule has 5 N–H and O–H groups in total. The van der Waals surface area contributed by atoms with Crippen LogP contribution in [-0.2, 0) is 0 Å². The van der Waals surface area contributed by atoms with Crippen molar-refractivity contribution in [2.45, 2.75) is 18.9 Å². The minimum atomic E-state index is -0.992. The van der Waals surface area contributed by atoms with E-state index >= 15 is 0 Å². The number of nitrogens with two attached hydrogens (primary N) is 1. The van der Waals surface area contributed by atoms with E-state index in [2.05, 4.69) is 26.6 Å². The number of nitrogens with one attached hydrogen (secondary N) is 2. The van der Waals surface area contributed by atoms with Crippen LogP contribution in [0.2, 0.25) is 0 Å². The number of anilines is 1. The van der Waals surface area contributed by atoms with Crippen LogP contribution in [0.5, 0.6) is 0 Å². The molecule has 22 heavy (non-hydrogen) atoms. The highest BCUT2D eigenvalue weighted by atomic mass is 79.9. The van der Waals surface area contributed by atoms with Crippen LogP contribution in [0.15, 0.2) is 9.85 Å². The molecular formula is C12H15BrN4O4S. The number of hydrogen-bond acceptors (Lipinski definition) is 4. The summed E-state index contributed by atoms with van der Waals surface area (Å²) in [4.78, 5) is 35.9. The molecule has 4 amide bonds. The normalized spacial score (nSPS) is 17.9. The van der Waals surface area contributed by atoms with Gasteiger partial charge in [0.25, 0.3) is 5.91 Å². The molecule has 8 nitrogen and oxygen atoms in total. The number of halogens is 1. The van der Waals surface area contributed by atoms with E-state index in [0.717, 1.165) is 11.3 Å². The topological polar surface area (TPSA) is 125 Å². The predicted molar refractivity (Wildman–Crippen MR) is 85.3 cm³/mol. The lowest BCUT2D eigenvalue weighted by Gasteiger charge is -2.31. The Labute approximate surface area is 138 Å². The molecule has 1 aromatic heterocycles. The highest BCUT2D eigenvalue weighted by Crippen LogP contribution is 2.31. The average molecular weight is 391 g/mol. The molecule has 1 aromatic rings. The second kappa shape index (κ2) is 6.97. The van der Waals surface area contributed by atoms with E-state index in [0.29, 0.717) is 33.7 Å². The Hall–Kier alpha value is -1.81. The molecule has 0 spiro atoms. The largest absolute Gasteiger partial charge is 0.465 e. The predicted octanol–water partition coefficient (Wildman–Crippen LogP) is 1.87. The minimum Gasteiger partial charge on any atom is -0.465 e. The van der Waals surface area contributed by atoms with Gasteiger partial charge >= 0.3 is 12.1 Å². The fourth-order valence-electron chi connectivity index (χ4n) is 2.27. The van der Waals surface area contributed by atoms with Gasteiger partial charge in [-0.15, -0.1) is 11.3 Å². The highest BCUT2D eigenvalue weighted by molar-refractivity contribution is 9.11. The maximum Gasteiger partial charge on any atom is 0.407 e.